The second kappa shape index (κ2) is 6.17. The fourth-order valence-corrected chi connectivity index (χ4v) is 3.07. The van der Waals surface area contributed by atoms with Gasteiger partial charge in [0.25, 0.3) is 0 Å². The molecule has 1 aliphatic rings. The van der Waals surface area contributed by atoms with E-state index >= 15 is 0 Å². The molecule has 3 nitrogen and oxygen atoms in total. The van der Waals surface area contributed by atoms with Gasteiger partial charge in [-0.25, -0.2) is 0 Å². The van der Waals surface area contributed by atoms with Crippen molar-refractivity contribution in [1.82, 2.24) is 5.32 Å². The zero-order chi connectivity index (χ0) is 14.7. The average Bonchev–Trinajstić information content (AvgIpc) is 2.97. The highest BCUT2D eigenvalue weighted by Gasteiger charge is 2.24. The first-order valence-corrected chi connectivity index (χ1v) is 7.64. The van der Waals surface area contributed by atoms with Crippen LogP contribution in [0.1, 0.15) is 55.0 Å². The minimum atomic E-state index is 0.114. The normalized spacial score (nSPS) is 18.8. The van der Waals surface area contributed by atoms with Crippen molar-refractivity contribution in [2.75, 3.05) is 0 Å². The zero-order valence-corrected chi connectivity index (χ0v) is 12.3. The van der Waals surface area contributed by atoms with Gasteiger partial charge < -0.3 is 9.73 Å². The van der Waals surface area contributed by atoms with Gasteiger partial charge in [-0.15, -0.1) is 0 Å². The number of hydrogen-bond donors (Lipinski definition) is 1. The van der Waals surface area contributed by atoms with E-state index in [-0.39, 0.29) is 17.9 Å². The number of fused-ring (bicyclic) bond motifs is 1. The third-order valence-electron chi connectivity index (χ3n) is 4.25. The summed E-state index contributed by atoms with van der Waals surface area (Å²) in [7, 11) is 0. The molecule has 0 spiro atoms. The molecular formula is C18H21NO2. The van der Waals surface area contributed by atoms with Crippen LogP contribution in [-0.2, 0) is 11.2 Å². The number of aryl methyl sites for hydroxylation is 1. The fourth-order valence-electron chi connectivity index (χ4n) is 3.07. The molecule has 3 rings (SSSR count). The van der Waals surface area contributed by atoms with Crippen molar-refractivity contribution in [1.29, 1.82) is 0 Å². The van der Waals surface area contributed by atoms with Crippen molar-refractivity contribution in [3.8, 4) is 0 Å². The maximum Gasteiger partial charge on any atom is 0.221 e. The van der Waals surface area contributed by atoms with E-state index in [1.807, 2.05) is 24.3 Å². The van der Waals surface area contributed by atoms with Crippen LogP contribution in [0.15, 0.2) is 47.1 Å². The molecule has 21 heavy (non-hydrogen) atoms. The zero-order valence-electron chi connectivity index (χ0n) is 12.3. The lowest BCUT2D eigenvalue weighted by Gasteiger charge is -2.23. The fraction of sp³-hybridized carbons (Fsp3) is 0.389. The molecule has 0 bridgehead atoms. The minimum Gasteiger partial charge on any atom is -0.469 e. The van der Waals surface area contributed by atoms with Gasteiger partial charge in [0.05, 0.1) is 12.3 Å². The molecule has 1 aromatic heterocycles. The summed E-state index contributed by atoms with van der Waals surface area (Å²) in [6, 6.07) is 12.3. The lowest BCUT2D eigenvalue weighted by atomic mass is 9.92. The van der Waals surface area contributed by atoms with Gasteiger partial charge in [-0.2, -0.15) is 0 Å². The summed E-state index contributed by atoms with van der Waals surface area (Å²) in [5.74, 6) is 1.38. The predicted octanol–water partition coefficient (Wildman–Crippen LogP) is 3.97. The van der Waals surface area contributed by atoms with E-state index in [0.717, 1.165) is 30.6 Å². The van der Waals surface area contributed by atoms with E-state index in [0.29, 0.717) is 6.42 Å². The highest BCUT2D eigenvalue weighted by atomic mass is 16.3. The van der Waals surface area contributed by atoms with Crippen molar-refractivity contribution < 1.29 is 9.21 Å². The van der Waals surface area contributed by atoms with E-state index in [9.17, 15) is 4.79 Å². The van der Waals surface area contributed by atoms with Crippen LogP contribution in [0.3, 0.4) is 0 Å². The molecule has 0 saturated carbocycles. The molecule has 2 atom stereocenters. The van der Waals surface area contributed by atoms with Crippen LogP contribution in [0.4, 0.5) is 0 Å². The van der Waals surface area contributed by atoms with E-state index in [4.69, 9.17) is 4.42 Å². The first kappa shape index (κ1) is 13.9. The molecule has 0 aliphatic heterocycles. The first-order chi connectivity index (χ1) is 10.2. The summed E-state index contributed by atoms with van der Waals surface area (Å²) in [5, 5.41) is 3.16. The van der Waals surface area contributed by atoms with Gasteiger partial charge in [0.1, 0.15) is 5.76 Å². The number of carbonyl (C=O) groups excluding carboxylic acids is 1. The maximum atomic E-state index is 12.3. The number of furan rings is 1. The number of carbonyl (C=O) groups is 1. The third kappa shape index (κ3) is 3.18. The van der Waals surface area contributed by atoms with E-state index in [1.165, 1.54) is 5.56 Å². The standard InChI is InChI=1S/C18H21NO2/c1-13(14-6-3-2-4-7-14)12-18(20)19-16-8-5-9-17-15(16)10-11-21-17/h2-4,6-7,10-11,13,16H,5,8-9,12H2,1H3,(H,19,20). The molecule has 2 unspecified atom stereocenters. The van der Waals surface area contributed by atoms with Gasteiger partial charge in [-0.3, -0.25) is 4.79 Å². The van der Waals surface area contributed by atoms with Gasteiger partial charge in [0, 0.05) is 18.4 Å². The van der Waals surface area contributed by atoms with Gasteiger partial charge in [-0.1, -0.05) is 37.3 Å². The Morgan fingerprint density at radius 2 is 2.14 bits per heavy atom. The molecule has 2 aromatic rings. The highest BCUT2D eigenvalue weighted by Crippen LogP contribution is 2.30. The average molecular weight is 283 g/mol. The lowest BCUT2D eigenvalue weighted by Crippen LogP contribution is -2.31. The van der Waals surface area contributed by atoms with E-state index in [1.54, 1.807) is 6.26 Å². The number of benzene rings is 1. The van der Waals surface area contributed by atoms with Gasteiger partial charge in [0.15, 0.2) is 0 Å². The van der Waals surface area contributed by atoms with Crippen molar-refractivity contribution in [2.24, 2.45) is 0 Å². The van der Waals surface area contributed by atoms with Crippen LogP contribution in [-0.4, -0.2) is 5.91 Å². The molecule has 3 heteroatoms. The number of amides is 1. The van der Waals surface area contributed by atoms with Crippen LogP contribution in [0, 0.1) is 0 Å². The Morgan fingerprint density at radius 1 is 1.33 bits per heavy atom. The summed E-state index contributed by atoms with van der Waals surface area (Å²) in [5.41, 5.74) is 2.36. The van der Waals surface area contributed by atoms with Crippen LogP contribution < -0.4 is 5.32 Å². The van der Waals surface area contributed by atoms with Gasteiger partial charge in [0.2, 0.25) is 5.91 Å². The van der Waals surface area contributed by atoms with E-state index < -0.39 is 0 Å². The summed E-state index contributed by atoms with van der Waals surface area (Å²) in [4.78, 5) is 12.3. The Kier molecular flexibility index (Phi) is 4.09. The summed E-state index contributed by atoms with van der Waals surface area (Å²) >= 11 is 0. The summed E-state index contributed by atoms with van der Waals surface area (Å²) in [6.45, 7) is 2.10. The molecule has 1 aromatic carbocycles. The molecule has 1 heterocycles. The van der Waals surface area contributed by atoms with Crippen molar-refractivity contribution >= 4 is 5.91 Å². The van der Waals surface area contributed by atoms with Gasteiger partial charge >= 0.3 is 0 Å². The van der Waals surface area contributed by atoms with Crippen LogP contribution in [0.25, 0.3) is 0 Å². The molecular weight excluding hydrogens is 262 g/mol. The topological polar surface area (TPSA) is 42.2 Å². The van der Waals surface area contributed by atoms with Gasteiger partial charge in [-0.05, 0) is 30.4 Å². The molecule has 0 saturated heterocycles. The highest BCUT2D eigenvalue weighted by molar-refractivity contribution is 5.77. The Labute approximate surface area is 125 Å². The summed E-state index contributed by atoms with van der Waals surface area (Å²) < 4.78 is 5.47. The Morgan fingerprint density at radius 3 is 2.95 bits per heavy atom. The predicted molar refractivity (Wildman–Crippen MR) is 82.0 cm³/mol. The molecule has 1 amide bonds. The minimum absolute atomic E-state index is 0.114. The van der Waals surface area contributed by atoms with E-state index in [2.05, 4.69) is 24.4 Å². The second-order valence-electron chi connectivity index (χ2n) is 5.83. The Balaban J connectivity index is 1.61. The number of hydrogen-bond acceptors (Lipinski definition) is 2. The monoisotopic (exact) mass is 283 g/mol. The largest absolute Gasteiger partial charge is 0.469 e. The third-order valence-corrected chi connectivity index (χ3v) is 4.25. The van der Waals surface area contributed by atoms with Crippen molar-refractivity contribution in [3.05, 3.63) is 59.5 Å². The number of rotatable bonds is 4. The molecule has 0 fully saturated rings. The second-order valence-corrected chi connectivity index (χ2v) is 5.83. The van der Waals surface area contributed by atoms with Crippen molar-refractivity contribution in [2.45, 2.75) is 44.6 Å². The smallest absolute Gasteiger partial charge is 0.221 e. The molecule has 0 radical (unpaired) electrons. The first-order valence-electron chi connectivity index (χ1n) is 7.64. The van der Waals surface area contributed by atoms with Crippen LogP contribution in [0.5, 0.6) is 0 Å². The lowest BCUT2D eigenvalue weighted by molar-refractivity contribution is -0.122. The number of nitrogens with one attached hydrogen (secondary N) is 1. The SMILES string of the molecule is CC(CC(=O)NC1CCCc2occc21)c1ccccc1. The van der Waals surface area contributed by atoms with Crippen molar-refractivity contribution in [3.63, 3.8) is 0 Å². The van der Waals surface area contributed by atoms with Crippen LogP contribution in [0.2, 0.25) is 0 Å². The quantitative estimate of drug-likeness (QED) is 0.922. The Bertz CT molecular complexity index is 603. The molecule has 1 aliphatic carbocycles. The Hall–Kier alpha value is -2.03. The maximum absolute atomic E-state index is 12.3. The summed E-state index contributed by atoms with van der Waals surface area (Å²) in [6.07, 6.45) is 5.29. The molecule has 110 valence electrons. The molecule has 1 N–H and O–H groups in total. The van der Waals surface area contributed by atoms with Crippen LogP contribution >= 0.6 is 0 Å².